The van der Waals surface area contributed by atoms with Crippen molar-refractivity contribution in [3.8, 4) is 0 Å². The molecule has 0 bridgehead atoms. The summed E-state index contributed by atoms with van der Waals surface area (Å²) in [6.07, 6.45) is -4.46. The van der Waals surface area contributed by atoms with E-state index >= 15 is 0 Å². The lowest BCUT2D eigenvalue weighted by atomic mass is 10.1. The topological polar surface area (TPSA) is 50.4 Å². The molecule has 1 aromatic carbocycles. The first kappa shape index (κ1) is 12.8. The largest absolute Gasteiger partial charge is 0.414 e. The Labute approximate surface area is 101 Å². The van der Waals surface area contributed by atoms with Crippen molar-refractivity contribution >= 4 is 5.91 Å². The van der Waals surface area contributed by atoms with Crippen LogP contribution in [0.4, 0.5) is 13.2 Å². The van der Waals surface area contributed by atoms with Crippen LogP contribution in [0.15, 0.2) is 18.2 Å². The Morgan fingerprint density at radius 2 is 2.06 bits per heavy atom. The van der Waals surface area contributed by atoms with E-state index in [1.807, 2.05) is 0 Å². The first-order valence-electron chi connectivity index (χ1n) is 5.27. The van der Waals surface area contributed by atoms with Gasteiger partial charge in [-0.15, -0.1) is 0 Å². The number of carbonyl (C=O) groups is 1. The van der Waals surface area contributed by atoms with Crippen LogP contribution < -0.4 is 10.8 Å². The molecule has 1 aliphatic heterocycles. The van der Waals surface area contributed by atoms with Gasteiger partial charge in [-0.05, 0) is 23.3 Å². The molecule has 2 N–H and O–H groups in total. The molecule has 0 aromatic heterocycles. The SMILES string of the molecule is O=C(NOCC(F)(F)F)c1ccc2c(c1)CNC2. The van der Waals surface area contributed by atoms with Gasteiger partial charge in [-0.1, -0.05) is 6.07 Å². The summed E-state index contributed by atoms with van der Waals surface area (Å²) in [4.78, 5) is 15.6. The van der Waals surface area contributed by atoms with Crippen LogP contribution in [0.5, 0.6) is 0 Å². The molecular weight excluding hydrogens is 249 g/mol. The van der Waals surface area contributed by atoms with Crippen molar-refractivity contribution in [2.45, 2.75) is 19.3 Å². The summed E-state index contributed by atoms with van der Waals surface area (Å²) in [5, 5.41) is 3.11. The van der Waals surface area contributed by atoms with E-state index in [-0.39, 0.29) is 5.56 Å². The number of alkyl halides is 3. The zero-order valence-electron chi connectivity index (χ0n) is 9.30. The van der Waals surface area contributed by atoms with Gasteiger partial charge in [-0.2, -0.15) is 13.2 Å². The fourth-order valence-electron chi connectivity index (χ4n) is 1.68. The Kier molecular flexibility index (Phi) is 3.53. The first-order chi connectivity index (χ1) is 8.46. The van der Waals surface area contributed by atoms with Crippen molar-refractivity contribution in [3.63, 3.8) is 0 Å². The summed E-state index contributed by atoms with van der Waals surface area (Å²) in [5.74, 6) is -0.686. The molecule has 0 saturated carbocycles. The van der Waals surface area contributed by atoms with Crippen molar-refractivity contribution in [2.24, 2.45) is 0 Å². The van der Waals surface area contributed by atoms with Gasteiger partial charge >= 0.3 is 6.18 Å². The predicted molar refractivity (Wildman–Crippen MR) is 56.5 cm³/mol. The van der Waals surface area contributed by atoms with Gasteiger partial charge in [0.1, 0.15) is 0 Å². The number of amides is 1. The molecule has 1 amide bonds. The van der Waals surface area contributed by atoms with E-state index in [9.17, 15) is 18.0 Å². The quantitative estimate of drug-likeness (QED) is 0.810. The lowest BCUT2D eigenvalue weighted by Gasteiger charge is -2.09. The fourth-order valence-corrected chi connectivity index (χ4v) is 1.68. The molecule has 98 valence electrons. The Hall–Kier alpha value is -1.60. The molecule has 0 saturated heterocycles. The van der Waals surface area contributed by atoms with Crippen molar-refractivity contribution in [1.82, 2.24) is 10.8 Å². The average Bonchev–Trinajstić information content (AvgIpc) is 2.73. The minimum Gasteiger partial charge on any atom is -0.309 e. The third kappa shape index (κ3) is 3.21. The van der Waals surface area contributed by atoms with E-state index in [0.717, 1.165) is 17.7 Å². The second kappa shape index (κ2) is 4.95. The molecule has 1 aliphatic rings. The molecule has 1 heterocycles. The second-order valence-corrected chi connectivity index (χ2v) is 3.92. The Morgan fingerprint density at radius 3 is 2.78 bits per heavy atom. The predicted octanol–water partition coefficient (Wildman–Crippen LogP) is 1.51. The molecule has 4 nitrogen and oxygen atoms in total. The number of hydrogen-bond acceptors (Lipinski definition) is 3. The maximum Gasteiger partial charge on any atom is 0.414 e. The van der Waals surface area contributed by atoms with Crippen LogP contribution in [-0.2, 0) is 17.9 Å². The van der Waals surface area contributed by atoms with Crippen LogP contribution in [-0.4, -0.2) is 18.7 Å². The highest BCUT2D eigenvalue weighted by molar-refractivity contribution is 5.93. The zero-order valence-corrected chi connectivity index (χ0v) is 9.30. The number of rotatable bonds is 3. The zero-order chi connectivity index (χ0) is 13.2. The van der Waals surface area contributed by atoms with Gasteiger partial charge in [-0.3, -0.25) is 9.63 Å². The summed E-state index contributed by atoms with van der Waals surface area (Å²) in [5.41, 5.74) is 4.10. The van der Waals surface area contributed by atoms with Crippen LogP contribution in [0.2, 0.25) is 0 Å². The van der Waals surface area contributed by atoms with Gasteiger partial charge < -0.3 is 5.32 Å². The van der Waals surface area contributed by atoms with E-state index < -0.39 is 18.7 Å². The van der Waals surface area contributed by atoms with E-state index in [1.165, 1.54) is 0 Å². The smallest absolute Gasteiger partial charge is 0.309 e. The number of benzene rings is 1. The van der Waals surface area contributed by atoms with Crippen LogP contribution in [0, 0.1) is 0 Å². The van der Waals surface area contributed by atoms with Gasteiger partial charge in [0.2, 0.25) is 0 Å². The number of fused-ring (bicyclic) bond motifs is 1. The minimum absolute atomic E-state index is 0.277. The maximum atomic E-state index is 11.8. The second-order valence-electron chi connectivity index (χ2n) is 3.92. The van der Waals surface area contributed by atoms with E-state index in [2.05, 4.69) is 10.2 Å². The number of nitrogens with one attached hydrogen (secondary N) is 2. The van der Waals surface area contributed by atoms with Crippen LogP contribution in [0.3, 0.4) is 0 Å². The number of carbonyl (C=O) groups excluding carboxylic acids is 1. The highest BCUT2D eigenvalue weighted by Gasteiger charge is 2.28. The lowest BCUT2D eigenvalue weighted by Crippen LogP contribution is -2.29. The summed E-state index contributed by atoms with van der Waals surface area (Å²) in [6, 6.07) is 4.97. The van der Waals surface area contributed by atoms with Gasteiger partial charge in [0.15, 0.2) is 6.61 Å². The molecule has 0 spiro atoms. The monoisotopic (exact) mass is 260 g/mol. The van der Waals surface area contributed by atoms with Crippen molar-refractivity contribution in [2.75, 3.05) is 6.61 Å². The molecule has 2 rings (SSSR count). The Balaban J connectivity index is 1.93. The summed E-state index contributed by atoms with van der Waals surface area (Å²) < 4.78 is 35.4. The Morgan fingerprint density at radius 1 is 1.33 bits per heavy atom. The summed E-state index contributed by atoms with van der Waals surface area (Å²) >= 11 is 0. The van der Waals surface area contributed by atoms with E-state index in [1.54, 1.807) is 23.7 Å². The molecule has 18 heavy (non-hydrogen) atoms. The van der Waals surface area contributed by atoms with Crippen molar-refractivity contribution < 1.29 is 22.8 Å². The molecule has 0 fully saturated rings. The summed E-state index contributed by atoms with van der Waals surface area (Å²) in [6.45, 7) is -0.118. The number of hydrogen-bond donors (Lipinski definition) is 2. The molecular formula is C11H11F3N2O2. The minimum atomic E-state index is -4.46. The molecule has 7 heteroatoms. The van der Waals surface area contributed by atoms with Gasteiger partial charge in [-0.25, -0.2) is 5.48 Å². The summed E-state index contributed by atoms with van der Waals surface area (Å²) in [7, 11) is 0. The fraction of sp³-hybridized carbons (Fsp3) is 0.364. The number of hydroxylamine groups is 1. The maximum absolute atomic E-state index is 11.8. The Bertz CT molecular complexity index is 460. The van der Waals surface area contributed by atoms with Crippen molar-refractivity contribution in [3.05, 3.63) is 34.9 Å². The molecule has 0 aliphatic carbocycles. The molecule has 0 radical (unpaired) electrons. The number of halogens is 3. The molecule has 0 unspecified atom stereocenters. The van der Waals surface area contributed by atoms with E-state index in [0.29, 0.717) is 6.54 Å². The molecule has 0 atom stereocenters. The first-order valence-corrected chi connectivity index (χ1v) is 5.27. The third-order valence-electron chi connectivity index (χ3n) is 2.50. The van der Waals surface area contributed by atoms with Crippen molar-refractivity contribution in [1.29, 1.82) is 0 Å². The normalized spacial score (nSPS) is 14.4. The lowest BCUT2D eigenvalue weighted by molar-refractivity contribution is -0.184. The van der Waals surface area contributed by atoms with Crippen LogP contribution >= 0.6 is 0 Å². The third-order valence-corrected chi connectivity index (χ3v) is 2.50. The van der Waals surface area contributed by atoms with Crippen LogP contribution in [0.25, 0.3) is 0 Å². The standard InChI is InChI=1S/C11H11F3N2O2/c12-11(13,14)6-18-16-10(17)7-1-2-8-4-15-5-9(8)3-7/h1-3,15H,4-6H2,(H,16,17). The highest BCUT2D eigenvalue weighted by atomic mass is 19.4. The van der Waals surface area contributed by atoms with Gasteiger partial charge in [0, 0.05) is 18.7 Å². The van der Waals surface area contributed by atoms with Gasteiger partial charge in [0.25, 0.3) is 5.91 Å². The van der Waals surface area contributed by atoms with Gasteiger partial charge in [0.05, 0.1) is 0 Å². The highest BCUT2D eigenvalue weighted by Crippen LogP contribution is 2.17. The average molecular weight is 260 g/mol. The molecule has 1 aromatic rings. The van der Waals surface area contributed by atoms with E-state index in [4.69, 9.17) is 0 Å². The van der Waals surface area contributed by atoms with Crippen LogP contribution in [0.1, 0.15) is 21.5 Å².